The maximum absolute atomic E-state index is 12.4. The first-order valence-corrected chi connectivity index (χ1v) is 6.93. The maximum atomic E-state index is 12.4. The third-order valence-corrected chi connectivity index (χ3v) is 3.56. The summed E-state index contributed by atoms with van der Waals surface area (Å²) >= 11 is 11.9. The van der Waals surface area contributed by atoms with Gasteiger partial charge in [0.15, 0.2) is 0 Å². The van der Waals surface area contributed by atoms with Crippen molar-refractivity contribution >= 4 is 34.1 Å². The van der Waals surface area contributed by atoms with E-state index in [9.17, 15) is 4.79 Å². The Balaban J connectivity index is 2.43. The second kappa shape index (κ2) is 6.58. The van der Waals surface area contributed by atoms with Crippen molar-refractivity contribution in [3.8, 4) is 12.1 Å². The van der Waals surface area contributed by atoms with Crippen LogP contribution in [0.5, 0.6) is 0 Å². The molecule has 0 aliphatic rings. The minimum absolute atomic E-state index is 0.185. The van der Waals surface area contributed by atoms with Gasteiger partial charge < -0.3 is 0 Å². The molecule has 7 heteroatoms. The summed E-state index contributed by atoms with van der Waals surface area (Å²) in [5.74, 6) is -0.420. The molecular weight excluding hydrogens is 311 g/mol. The molecule has 1 heterocycles. The Labute approximate surface area is 131 Å². The van der Waals surface area contributed by atoms with Gasteiger partial charge in [0.05, 0.1) is 40.3 Å². The average Bonchev–Trinajstić information content (AvgIpc) is 2.46. The molecule has 1 atom stereocenters. The maximum Gasteiger partial charge on any atom is 0.261 e. The van der Waals surface area contributed by atoms with Crippen molar-refractivity contribution in [1.29, 1.82) is 10.5 Å². The van der Waals surface area contributed by atoms with Crippen molar-refractivity contribution in [2.45, 2.75) is 19.4 Å². The van der Waals surface area contributed by atoms with E-state index in [1.54, 1.807) is 0 Å². The fraction of sp³-hybridized carbons (Fsp3) is 0.286. The third kappa shape index (κ3) is 3.33. The molecule has 5 nitrogen and oxygen atoms in total. The number of fused-ring (bicyclic) bond motifs is 1. The van der Waals surface area contributed by atoms with Crippen LogP contribution in [0.25, 0.3) is 10.9 Å². The van der Waals surface area contributed by atoms with E-state index in [0.717, 1.165) is 0 Å². The Hall–Kier alpha value is -2.08. The molecule has 0 aliphatic carbocycles. The normalized spacial score (nSPS) is 11.8. The van der Waals surface area contributed by atoms with Gasteiger partial charge in [-0.2, -0.15) is 10.5 Å². The lowest BCUT2D eigenvalue weighted by atomic mass is 10.1. The van der Waals surface area contributed by atoms with Gasteiger partial charge in [0.1, 0.15) is 0 Å². The molecule has 21 heavy (non-hydrogen) atoms. The van der Waals surface area contributed by atoms with E-state index in [-0.39, 0.29) is 18.5 Å². The lowest BCUT2D eigenvalue weighted by molar-refractivity contribution is 0.498. The second-order valence-corrected chi connectivity index (χ2v) is 5.35. The van der Waals surface area contributed by atoms with Crippen LogP contribution < -0.4 is 5.56 Å². The van der Waals surface area contributed by atoms with Gasteiger partial charge in [-0.05, 0) is 18.6 Å². The molecule has 0 fully saturated rings. The summed E-state index contributed by atoms with van der Waals surface area (Å²) in [6.07, 6.45) is 2.04. The number of halogens is 2. The highest BCUT2D eigenvalue weighted by Crippen LogP contribution is 2.24. The molecule has 0 bridgehead atoms. The Morgan fingerprint density at radius 1 is 1.33 bits per heavy atom. The average molecular weight is 321 g/mol. The van der Waals surface area contributed by atoms with Crippen LogP contribution in [0, 0.1) is 28.6 Å². The van der Waals surface area contributed by atoms with Gasteiger partial charge in [-0.15, -0.1) is 0 Å². The van der Waals surface area contributed by atoms with Gasteiger partial charge in [-0.3, -0.25) is 9.36 Å². The van der Waals surface area contributed by atoms with Crippen molar-refractivity contribution in [2.24, 2.45) is 5.92 Å². The van der Waals surface area contributed by atoms with E-state index in [4.69, 9.17) is 33.7 Å². The predicted molar refractivity (Wildman–Crippen MR) is 80.0 cm³/mol. The van der Waals surface area contributed by atoms with Crippen molar-refractivity contribution in [2.75, 3.05) is 0 Å². The first-order chi connectivity index (χ1) is 10.1. The Morgan fingerprint density at radius 2 is 2.10 bits per heavy atom. The first kappa shape index (κ1) is 15.3. The topological polar surface area (TPSA) is 82.5 Å². The smallest absolute Gasteiger partial charge is 0.261 e. The van der Waals surface area contributed by atoms with E-state index in [1.807, 2.05) is 6.07 Å². The highest BCUT2D eigenvalue weighted by atomic mass is 35.5. The molecule has 0 N–H and O–H groups in total. The number of benzene rings is 1. The molecule has 0 aliphatic heterocycles. The van der Waals surface area contributed by atoms with Crippen LogP contribution in [0.2, 0.25) is 10.0 Å². The van der Waals surface area contributed by atoms with Crippen LogP contribution in [0.15, 0.2) is 23.3 Å². The van der Waals surface area contributed by atoms with E-state index >= 15 is 0 Å². The van der Waals surface area contributed by atoms with Gasteiger partial charge in [0.2, 0.25) is 0 Å². The van der Waals surface area contributed by atoms with E-state index < -0.39 is 5.92 Å². The Morgan fingerprint density at radius 3 is 2.76 bits per heavy atom. The number of hydrogen-bond donors (Lipinski definition) is 0. The zero-order valence-electron chi connectivity index (χ0n) is 10.9. The molecule has 0 radical (unpaired) electrons. The predicted octanol–water partition coefficient (Wildman–Crippen LogP) is 3.15. The van der Waals surface area contributed by atoms with E-state index in [1.165, 1.54) is 23.0 Å². The minimum atomic E-state index is -0.420. The summed E-state index contributed by atoms with van der Waals surface area (Å²) in [5.41, 5.74) is 0.0782. The monoisotopic (exact) mass is 320 g/mol. The molecule has 2 aromatic rings. The van der Waals surface area contributed by atoms with Crippen LogP contribution in [0.4, 0.5) is 0 Å². The van der Waals surface area contributed by atoms with E-state index in [0.29, 0.717) is 27.4 Å². The zero-order valence-corrected chi connectivity index (χ0v) is 12.4. The molecule has 0 spiro atoms. The van der Waals surface area contributed by atoms with Crippen LogP contribution >= 0.6 is 23.2 Å². The number of rotatable bonds is 4. The number of nitrogens with zero attached hydrogens (tertiary/aromatic N) is 4. The molecule has 0 saturated carbocycles. The largest absolute Gasteiger partial charge is 0.297 e. The second-order valence-electron chi connectivity index (χ2n) is 4.51. The molecule has 0 amide bonds. The van der Waals surface area contributed by atoms with Crippen LogP contribution in [0.3, 0.4) is 0 Å². The quantitative estimate of drug-likeness (QED) is 0.866. The molecule has 0 saturated heterocycles. The summed E-state index contributed by atoms with van der Waals surface area (Å²) in [6.45, 7) is 0.185. The summed E-state index contributed by atoms with van der Waals surface area (Å²) in [7, 11) is 0. The summed E-state index contributed by atoms with van der Waals surface area (Å²) in [6, 6.07) is 7.11. The standard InChI is InChI=1S/C14H10Cl2N4O/c15-10-4-11-13(12(16)5-10)19-8-20(14(11)21)7-9(6-18)2-1-3-17/h4-5,8-9H,1-2,7H2. The summed E-state index contributed by atoms with van der Waals surface area (Å²) in [4.78, 5) is 16.5. The SMILES string of the molecule is N#CCCC(C#N)Cn1cnc2c(Cl)cc(Cl)cc2c1=O. The molecule has 1 aromatic carbocycles. The first-order valence-electron chi connectivity index (χ1n) is 6.17. The van der Waals surface area contributed by atoms with Gasteiger partial charge in [0, 0.05) is 18.0 Å². The van der Waals surface area contributed by atoms with Crippen molar-refractivity contribution in [3.05, 3.63) is 38.9 Å². The summed E-state index contributed by atoms with van der Waals surface area (Å²) in [5, 5.41) is 18.6. The van der Waals surface area contributed by atoms with Crippen molar-refractivity contribution < 1.29 is 0 Å². The van der Waals surface area contributed by atoms with Crippen molar-refractivity contribution in [3.63, 3.8) is 0 Å². The zero-order chi connectivity index (χ0) is 15.4. The van der Waals surface area contributed by atoms with Gasteiger partial charge in [0.25, 0.3) is 5.56 Å². The fourth-order valence-corrected chi connectivity index (χ4v) is 2.54. The van der Waals surface area contributed by atoms with Crippen LogP contribution in [-0.2, 0) is 6.54 Å². The Bertz CT molecular complexity index is 817. The minimum Gasteiger partial charge on any atom is -0.297 e. The van der Waals surface area contributed by atoms with Crippen LogP contribution in [0.1, 0.15) is 12.8 Å². The van der Waals surface area contributed by atoms with Gasteiger partial charge in [-0.25, -0.2) is 4.98 Å². The molecular formula is C14H10Cl2N4O. The molecule has 1 aromatic heterocycles. The van der Waals surface area contributed by atoms with Crippen molar-refractivity contribution in [1.82, 2.24) is 9.55 Å². The van der Waals surface area contributed by atoms with E-state index in [2.05, 4.69) is 11.1 Å². The third-order valence-electron chi connectivity index (χ3n) is 3.05. The highest BCUT2D eigenvalue weighted by Gasteiger charge is 2.13. The lowest BCUT2D eigenvalue weighted by Gasteiger charge is -2.10. The number of hydrogen-bond acceptors (Lipinski definition) is 4. The van der Waals surface area contributed by atoms with Crippen LogP contribution in [-0.4, -0.2) is 9.55 Å². The van der Waals surface area contributed by atoms with Gasteiger partial charge >= 0.3 is 0 Å². The Kier molecular flexibility index (Phi) is 4.80. The highest BCUT2D eigenvalue weighted by molar-refractivity contribution is 6.38. The fourth-order valence-electron chi connectivity index (χ4n) is 2.00. The van der Waals surface area contributed by atoms with Gasteiger partial charge in [-0.1, -0.05) is 23.2 Å². The summed E-state index contributed by atoms with van der Waals surface area (Å²) < 4.78 is 1.35. The molecule has 1 unspecified atom stereocenters. The lowest BCUT2D eigenvalue weighted by Crippen LogP contribution is -2.24. The number of aromatic nitrogens is 2. The number of nitriles is 2. The molecule has 106 valence electrons. The molecule has 2 rings (SSSR count).